The average molecular weight is 373 g/mol. The van der Waals surface area contributed by atoms with Gasteiger partial charge >= 0.3 is 5.97 Å². The lowest BCUT2D eigenvalue weighted by Crippen LogP contribution is -2.42. The van der Waals surface area contributed by atoms with E-state index in [1.165, 1.54) is 11.3 Å². The molecular weight excluding hydrogens is 350 g/mol. The minimum Gasteiger partial charge on any atom is -0.466 e. The first kappa shape index (κ1) is 18.4. The number of hydrogen-bond donors (Lipinski definition) is 1. The monoisotopic (exact) mass is 373 g/mol. The molecule has 7 heteroatoms. The van der Waals surface area contributed by atoms with E-state index in [2.05, 4.69) is 10.3 Å². The Bertz CT molecular complexity index is 790. The zero-order valence-corrected chi connectivity index (χ0v) is 15.8. The zero-order valence-electron chi connectivity index (χ0n) is 15.0. The number of likely N-dealkylation sites (tertiary alicyclic amines) is 1. The molecule has 2 aromatic rings. The summed E-state index contributed by atoms with van der Waals surface area (Å²) in [6, 6.07) is 7.93. The predicted octanol–water partition coefficient (Wildman–Crippen LogP) is 3.61. The highest BCUT2D eigenvalue weighted by Crippen LogP contribution is 2.25. The van der Waals surface area contributed by atoms with Gasteiger partial charge < -0.3 is 15.0 Å². The van der Waals surface area contributed by atoms with Crippen LogP contribution in [0.2, 0.25) is 0 Å². The van der Waals surface area contributed by atoms with E-state index >= 15 is 0 Å². The summed E-state index contributed by atoms with van der Waals surface area (Å²) in [6.45, 7) is 5.22. The van der Waals surface area contributed by atoms with Crippen LogP contribution in [0.15, 0.2) is 29.6 Å². The van der Waals surface area contributed by atoms with E-state index in [0.29, 0.717) is 30.5 Å². The van der Waals surface area contributed by atoms with Crippen molar-refractivity contribution in [2.24, 2.45) is 5.92 Å². The van der Waals surface area contributed by atoms with Crippen molar-refractivity contribution in [1.82, 2.24) is 9.88 Å². The van der Waals surface area contributed by atoms with E-state index < -0.39 is 0 Å². The molecule has 0 radical (unpaired) electrons. The Balaban J connectivity index is 1.66. The highest BCUT2D eigenvalue weighted by molar-refractivity contribution is 7.14. The number of nitrogens with zero attached hydrogens (tertiary/aromatic N) is 2. The predicted molar refractivity (Wildman–Crippen MR) is 102 cm³/mol. The van der Waals surface area contributed by atoms with Gasteiger partial charge in [-0.25, -0.2) is 4.98 Å². The molecule has 0 aliphatic carbocycles. The number of hydrogen-bond acceptors (Lipinski definition) is 6. The van der Waals surface area contributed by atoms with Gasteiger partial charge in [-0.2, -0.15) is 0 Å². The molecule has 1 fully saturated rings. The van der Waals surface area contributed by atoms with Crippen molar-refractivity contribution >= 4 is 34.0 Å². The lowest BCUT2D eigenvalue weighted by molar-refractivity contribution is -0.149. The summed E-state index contributed by atoms with van der Waals surface area (Å²) < 4.78 is 5.10. The van der Waals surface area contributed by atoms with Crippen molar-refractivity contribution in [3.05, 3.63) is 40.9 Å². The van der Waals surface area contributed by atoms with Gasteiger partial charge in [0.25, 0.3) is 5.91 Å². The largest absolute Gasteiger partial charge is 0.466 e. The highest BCUT2D eigenvalue weighted by Gasteiger charge is 2.30. The van der Waals surface area contributed by atoms with Gasteiger partial charge in [-0.15, -0.1) is 11.3 Å². The average Bonchev–Trinajstić information content (AvgIpc) is 3.12. The first-order valence-corrected chi connectivity index (χ1v) is 9.70. The highest BCUT2D eigenvalue weighted by atomic mass is 32.1. The van der Waals surface area contributed by atoms with Gasteiger partial charge in [-0.05, 0) is 38.3 Å². The molecule has 1 saturated heterocycles. The molecule has 6 nitrogen and oxygen atoms in total. The molecule has 0 unspecified atom stereocenters. The second-order valence-corrected chi connectivity index (χ2v) is 7.18. The molecule has 1 aliphatic rings. The number of nitrogens with one attached hydrogen (secondary N) is 1. The van der Waals surface area contributed by atoms with Crippen molar-refractivity contribution in [1.29, 1.82) is 0 Å². The van der Waals surface area contributed by atoms with Crippen LogP contribution in [0.4, 0.5) is 10.8 Å². The second kappa shape index (κ2) is 8.31. The van der Waals surface area contributed by atoms with Gasteiger partial charge in [0.05, 0.1) is 12.5 Å². The number of esters is 1. The summed E-state index contributed by atoms with van der Waals surface area (Å²) in [4.78, 5) is 30.8. The maximum Gasteiger partial charge on any atom is 0.310 e. The number of amides is 1. The number of rotatable bonds is 5. The van der Waals surface area contributed by atoms with Crippen LogP contribution in [0.3, 0.4) is 0 Å². The van der Waals surface area contributed by atoms with Crippen LogP contribution in [0.5, 0.6) is 0 Å². The molecule has 1 aliphatic heterocycles. The molecule has 138 valence electrons. The molecule has 1 aromatic heterocycles. The number of anilines is 2. The molecule has 3 rings (SSSR count). The Morgan fingerprint density at radius 2 is 2.19 bits per heavy atom. The SMILES string of the molecule is CCOC(=O)[C@@H]1CCCN(C(=O)c2csc(Nc3ccccc3C)n2)C1. The molecule has 1 amide bonds. The minimum absolute atomic E-state index is 0.131. The Kier molecular flexibility index (Phi) is 5.88. The molecule has 0 saturated carbocycles. The summed E-state index contributed by atoms with van der Waals surface area (Å²) in [5.41, 5.74) is 2.50. The van der Waals surface area contributed by atoms with Gasteiger partial charge in [0.2, 0.25) is 0 Å². The molecule has 1 atom stereocenters. The molecule has 26 heavy (non-hydrogen) atoms. The lowest BCUT2D eigenvalue weighted by Gasteiger charge is -2.31. The van der Waals surface area contributed by atoms with E-state index in [1.54, 1.807) is 17.2 Å². The topological polar surface area (TPSA) is 71.5 Å². The Morgan fingerprint density at radius 3 is 2.96 bits per heavy atom. The summed E-state index contributed by atoms with van der Waals surface area (Å²) in [5.74, 6) is -0.589. The van der Waals surface area contributed by atoms with Crippen LogP contribution >= 0.6 is 11.3 Å². The Morgan fingerprint density at radius 1 is 1.38 bits per heavy atom. The van der Waals surface area contributed by atoms with Crippen LogP contribution in [-0.4, -0.2) is 41.5 Å². The van der Waals surface area contributed by atoms with E-state index in [1.807, 2.05) is 31.2 Å². The third-order valence-electron chi connectivity index (χ3n) is 4.44. The van der Waals surface area contributed by atoms with Crippen molar-refractivity contribution in [2.45, 2.75) is 26.7 Å². The summed E-state index contributed by atoms with van der Waals surface area (Å²) in [7, 11) is 0. The summed E-state index contributed by atoms with van der Waals surface area (Å²) in [6.07, 6.45) is 1.56. The number of para-hydroxylation sites is 1. The van der Waals surface area contributed by atoms with Gasteiger partial charge in [0.15, 0.2) is 5.13 Å². The van der Waals surface area contributed by atoms with Crippen LogP contribution < -0.4 is 5.32 Å². The van der Waals surface area contributed by atoms with Gasteiger partial charge in [0.1, 0.15) is 5.69 Å². The fraction of sp³-hybridized carbons (Fsp3) is 0.421. The van der Waals surface area contributed by atoms with Crippen molar-refractivity contribution in [3.8, 4) is 0 Å². The fourth-order valence-electron chi connectivity index (χ4n) is 3.03. The van der Waals surface area contributed by atoms with E-state index in [9.17, 15) is 9.59 Å². The maximum atomic E-state index is 12.7. The minimum atomic E-state index is -0.240. The number of aryl methyl sites for hydroxylation is 1. The number of carbonyl (C=O) groups is 2. The van der Waals surface area contributed by atoms with Gasteiger partial charge in [0, 0.05) is 24.2 Å². The summed E-state index contributed by atoms with van der Waals surface area (Å²) >= 11 is 1.40. The molecular formula is C19H23N3O3S. The lowest BCUT2D eigenvalue weighted by atomic mass is 9.98. The van der Waals surface area contributed by atoms with Crippen LogP contribution in [0.25, 0.3) is 0 Å². The maximum absolute atomic E-state index is 12.7. The first-order chi connectivity index (χ1) is 12.6. The smallest absolute Gasteiger partial charge is 0.310 e. The number of ether oxygens (including phenoxy) is 1. The second-order valence-electron chi connectivity index (χ2n) is 6.32. The Hall–Kier alpha value is -2.41. The quantitative estimate of drug-likeness (QED) is 0.811. The molecule has 0 spiro atoms. The van der Waals surface area contributed by atoms with Crippen molar-refractivity contribution < 1.29 is 14.3 Å². The van der Waals surface area contributed by atoms with E-state index in [4.69, 9.17) is 4.74 Å². The number of piperidine rings is 1. The van der Waals surface area contributed by atoms with Gasteiger partial charge in [-0.3, -0.25) is 9.59 Å². The fourth-order valence-corrected chi connectivity index (χ4v) is 3.73. The van der Waals surface area contributed by atoms with E-state index in [-0.39, 0.29) is 17.8 Å². The number of thiazole rings is 1. The van der Waals surface area contributed by atoms with Crippen LogP contribution in [0, 0.1) is 12.8 Å². The standard InChI is InChI=1S/C19H23N3O3S/c1-3-25-18(24)14-8-6-10-22(11-14)17(23)16-12-26-19(21-16)20-15-9-5-4-7-13(15)2/h4-5,7,9,12,14H,3,6,8,10-11H2,1-2H3,(H,20,21)/t14-/m1/s1. The molecule has 1 aromatic carbocycles. The van der Waals surface area contributed by atoms with Crippen LogP contribution in [-0.2, 0) is 9.53 Å². The zero-order chi connectivity index (χ0) is 18.5. The number of aromatic nitrogens is 1. The van der Waals surface area contributed by atoms with Gasteiger partial charge in [-0.1, -0.05) is 18.2 Å². The third-order valence-corrected chi connectivity index (χ3v) is 5.20. The molecule has 1 N–H and O–H groups in total. The first-order valence-electron chi connectivity index (χ1n) is 8.82. The molecule has 0 bridgehead atoms. The van der Waals surface area contributed by atoms with Crippen LogP contribution in [0.1, 0.15) is 35.8 Å². The third kappa shape index (κ3) is 4.22. The number of benzene rings is 1. The van der Waals surface area contributed by atoms with Crippen molar-refractivity contribution in [3.63, 3.8) is 0 Å². The van der Waals surface area contributed by atoms with Crippen molar-refractivity contribution in [2.75, 3.05) is 25.0 Å². The normalized spacial score (nSPS) is 17.0. The van der Waals surface area contributed by atoms with E-state index in [0.717, 1.165) is 24.1 Å². The summed E-state index contributed by atoms with van der Waals surface area (Å²) in [5, 5.41) is 5.70. The Labute approximate surface area is 157 Å². The number of carbonyl (C=O) groups excluding carboxylic acids is 2. The molecule has 2 heterocycles.